The van der Waals surface area contributed by atoms with E-state index in [4.69, 9.17) is 9.72 Å². The Morgan fingerprint density at radius 3 is 2.67 bits per heavy atom. The van der Waals surface area contributed by atoms with Gasteiger partial charge in [0.25, 0.3) is 0 Å². The van der Waals surface area contributed by atoms with Gasteiger partial charge < -0.3 is 10.1 Å². The van der Waals surface area contributed by atoms with E-state index in [0.717, 1.165) is 35.6 Å². The van der Waals surface area contributed by atoms with E-state index in [-0.39, 0.29) is 0 Å². The topological polar surface area (TPSA) is 37.4 Å². The van der Waals surface area contributed by atoms with E-state index in [1.807, 2.05) is 13.0 Å². The van der Waals surface area contributed by atoms with Gasteiger partial charge in [-0.15, -0.1) is 0 Å². The molecular weight excluding hydrogens is 262 g/mol. The summed E-state index contributed by atoms with van der Waals surface area (Å²) in [5, 5.41) is 3.46. The van der Waals surface area contributed by atoms with E-state index in [1.165, 1.54) is 45.3 Å². The minimum atomic E-state index is 0.785. The summed E-state index contributed by atoms with van der Waals surface area (Å²) in [7, 11) is 1.73. The highest BCUT2D eigenvalue weighted by Gasteiger charge is 2.31. The van der Waals surface area contributed by atoms with Crippen LogP contribution in [-0.4, -0.2) is 42.7 Å². The number of aryl methyl sites for hydroxylation is 1. The molecule has 1 aromatic rings. The number of pyridine rings is 1. The summed E-state index contributed by atoms with van der Waals surface area (Å²) < 4.78 is 5.38. The molecule has 1 saturated carbocycles. The molecule has 1 aromatic heterocycles. The molecule has 1 N–H and O–H groups in total. The largest absolute Gasteiger partial charge is 0.497 e. The van der Waals surface area contributed by atoms with E-state index in [2.05, 4.69) is 16.3 Å². The lowest BCUT2D eigenvalue weighted by Gasteiger charge is -2.30. The molecule has 21 heavy (non-hydrogen) atoms. The molecular formula is C17H27N3O. The first-order valence-electron chi connectivity index (χ1n) is 8.21. The average molecular weight is 289 g/mol. The number of nitrogens with one attached hydrogen (secondary N) is 1. The van der Waals surface area contributed by atoms with Crippen LogP contribution in [0.1, 0.15) is 37.1 Å². The Labute approximate surface area is 127 Å². The van der Waals surface area contributed by atoms with Crippen LogP contribution < -0.4 is 10.1 Å². The molecule has 0 amide bonds. The Bertz CT molecular complexity index is 467. The molecule has 1 aliphatic heterocycles. The number of piperidine rings is 1. The summed E-state index contributed by atoms with van der Waals surface area (Å²) in [5.74, 6) is 1.77. The van der Waals surface area contributed by atoms with Crippen molar-refractivity contribution in [3.63, 3.8) is 0 Å². The zero-order valence-corrected chi connectivity index (χ0v) is 13.3. The second-order valence-corrected chi connectivity index (χ2v) is 6.49. The van der Waals surface area contributed by atoms with Gasteiger partial charge in [0.05, 0.1) is 12.8 Å². The predicted octanol–water partition coefficient (Wildman–Crippen LogP) is 2.36. The maximum atomic E-state index is 5.38. The van der Waals surface area contributed by atoms with Crippen LogP contribution in [0.3, 0.4) is 0 Å². The Hall–Kier alpha value is -1.13. The molecule has 4 nitrogen and oxygen atoms in total. The Balaban J connectivity index is 1.65. The number of ether oxygens (including phenoxy) is 1. The van der Waals surface area contributed by atoms with Crippen molar-refractivity contribution in [2.24, 2.45) is 5.92 Å². The molecule has 0 spiro atoms. The van der Waals surface area contributed by atoms with Crippen molar-refractivity contribution in [3.8, 4) is 5.75 Å². The average Bonchev–Trinajstić information content (AvgIpc) is 3.31. The van der Waals surface area contributed by atoms with Crippen LogP contribution in [0.2, 0.25) is 0 Å². The fourth-order valence-electron chi connectivity index (χ4n) is 3.29. The highest BCUT2D eigenvalue weighted by molar-refractivity contribution is 5.26. The van der Waals surface area contributed by atoms with E-state index in [1.54, 1.807) is 7.11 Å². The summed E-state index contributed by atoms with van der Waals surface area (Å²) in [6.45, 7) is 6.59. The molecule has 0 atom stereocenters. The molecule has 3 rings (SSSR count). The molecule has 0 bridgehead atoms. The third-order valence-corrected chi connectivity index (χ3v) is 4.60. The van der Waals surface area contributed by atoms with E-state index in [0.29, 0.717) is 0 Å². The zero-order chi connectivity index (χ0) is 14.7. The van der Waals surface area contributed by atoms with Crippen molar-refractivity contribution < 1.29 is 4.74 Å². The van der Waals surface area contributed by atoms with Crippen molar-refractivity contribution in [1.29, 1.82) is 0 Å². The molecule has 116 valence electrons. The second kappa shape index (κ2) is 6.75. The van der Waals surface area contributed by atoms with Gasteiger partial charge in [-0.3, -0.25) is 9.88 Å². The predicted molar refractivity (Wildman–Crippen MR) is 84.6 cm³/mol. The summed E-state index contributed by atoms with van der Waals surface area (Å²) in [4.78, 5) is 7.34. The Kier molecular flexibility index (Phi) is 4.76. The van der Waals surface area contributed by atoms with Crippen LogP contribution in [-0.2, 0) is 6.54 Å². The minimum Gasteiger partial charge on any atom is -0.497 e. The quantitative estimate of drug-likeness (QED) is 0.872. The first kappa shape index (κ1) is 14.8. The second-order valence-electron chi connectivity index (χ2n) is 6.49. The molecule has 2 fully saturated rings. The lowest BCUT2D eigenvalue weighted by molar-refractivity contribution is 0.188. The lowest BCUT2D eigenvalue weighted by Crippen LogP contribution is -2.37. The molecule has 0 radical (unpaired) electrons. The zero-order valence-electron chi connectivity index (χ0n) is 13.3. The monoisotopic (exact) mass is 289 g/mol. The Morgan fingerprint density at radius 1 is 1.24 bits per heavy atom. The molecule has 4 heteroatoms. The lowest BCUT2D eigenvalue weighted by atomic mass is 9.97. The number of aromatic nitrogens is 1. The fourth-order valence-corrected chi connectivity index (χ4v) is 3.29. The highest BCUT2D eigenvalue weighted by atomic mass is 16.5. The number of hydrogen-bond acceptors (Lipinski definition) is 4. The van der Waals surface area contributed by atoms with Gasteiger partial charge in [0, 0.05) is 37.0 Å². The number of nitrogens with zero attached hydrogens (tertiary/aromatic N) is 2. The van der Waals surface area contributed by atoms with Crippen LogP contribution in [0.5, 0.6) is 5.75 Å². The molecule has 0 aromatic carbocycles. The van der Waals surface area contributed by atoms with E-state index in [9.17, 15) is 0 Å². The van der Waals surface area contributed by atoms with Gasteiger partial charge in [0.1, 0.15) is 5.75 Å². The van der Waals surface area contributed by atoms with Gasteiger partial charge in [-0.25, -0.2) is 0 Å². The molecule has 1 saturated heterocycles. The van der Waals surface area contributed by atoms with Crippen molar-refractivity contribution in [2.75, 3.05) is 26.7 Å². The van der Waals surface area contributed by atoms with Crippen LogP contribution in [0, 0.1) is 12.8 Å². The fraction of sp³-hybridized carbons (Fsp3) is 0.706. The summed E-state index contributed by atoms with van der Waals surface area (Å²) in [6.07, 6.45) is 5.34. The highest BCUT2D eigenvalue weighted by Crippen LogP contribution is 2.30. The van der Waals surface area contributed by atoms with Crippen LogP contribution >= 0.6 is 0 Å². The standard InChI is InChI=1S/C17H27N3O/c1-13-9-17(21-2)10-15(19-13)12-20(16-3-4-16)11-14-5-7-18-8-6-14/h9-10,14,16,18H,3-8,11-12H2,1-2H3. The van der Waals surface area contributed by atoms with Crippen LogP contribution in [0.15, 0.2) is 12.1 Å². The number of hydrogen-bond donors (Lipinski definition) is 1. The smallest absolute Gasteiger partial charge is 0.122 e. The van der Waals surface area contributed by atoms with E-state index >= 15 is 0 Å². The maximum Gasteiger partial charge on any atom is 0.122 e. The van der Waals surface area contributed by atoms with E-state index < -0.39 is 0 Å². The first-order valence-corrected chi connectivity index (χ1v) is 8.21. The van der Waals surface area contributed by atoms with Gasteiger partial charge in [-0.1, -0.05) is 0 Å². The molecule has 2 aliphatic rings. The first-order chi connectivity index (χ1) is 10.2. The SMILES string of the molecule is COc1cc(C)nc(CN(CC2CCNCC2)C2CC2)c1. The summed E-state index contributed by atoms with van der Waals surface area (Å²) in [5.41, 5.74) is 2.19. The van der Waals surface area contributed by atoms with Gasteiger partial charge in [0.15, 0.2) is 0 Å². The Morgan fingerprint density at radius 2 is 2.00 bits per heavy atom. The molecule has 2 heterocycles. The van der Waals surface area contributed by atoms with Crippen molar-refractivity contribution >= 4 is 0 Å². The molecule has 1 aliphatic carbocycles. The maximum absolute atomic E-state index is 5.38. The van der Waals surface area contributed by atoms with Crippen LogP contribution in [0.4, 0.5) is 0 Å². The normalized spacial score (nSPS) is 20.0. The summed E-state index contributed by atoms with van der Waals surface area (Å²) >= 11 is 0. The summed E-state index contributed by atoms with van der Waals surface area (Å²) in [6, 6.07) is 4.87. The van der Waals surface area contributed by atoms with Gasteiger partial charge in [-0.05, 0) is 51.6 Å². The third kappa shape index (κ3) is 4.17. The van der Waals surface area contributed by atoms with Crippen molar-refractivity contribution in [3.05, 3.63) is 23.5 Å². The van der Waals surface area contributed by atoms with Crippen molar-refractivity contribution in [2.45, 2.75) is 45.2 Å². The van der Waals surface area contributed by atoms with Gasteiger partial charge in [-0.2, -0.15) is 0 Å². The molecule has 0 unspecified atom stereocenters. The van der Waals surface area contributed by atoms with Crippen molar-refractivity contribution in [1.82, 2.24) is 15.2 Å². The van der Waals surface area contributed by atoms with Gasteiger partial charge in [0.2, 0.25) is 0 Å². The number of methoxy groups -OCH3 is 1. The minimum absolute atomic E-state index is 0.785. The van der Waals surface area contributed by atoms with Gasteiger partial charge >= 0.3 is 0 Å². The van der Waals surface area contributed by atoms with Crippen LogP contribution in [0.25, 0.3) is 0 Å². The number of rotatable bonds is 6. The third-order valence-electron chi connectivity index (χ3n) is 4.60.